The molecule has 68 heavy (non-hydrogen) atoms. The quantitative estimate of drug-likeness (QED) is 0.165. The Morgan fingerprint density at radius 3 is 1.85 bits per heavy atom. The molecule has 336 valence electrons. The van der Waals surface area contributed by atoms with Crippen LogP contribution in [0.1, 0.15) is 104 Å². The first-order chi connectivity index (χ1) is 32.4. The molecule has 12 rings (SSSR count). The standard InChI is InChI=1S/C61H58BN5O/c1-58(2,3)39-22-25-43(26-23-39)66-50-29-37(38-34-63-36-64-35-38)21-27-47(50)62-55-44(33-51-54(57(55)66)61(10,11)46-19-15-16-20-48(46)65(51)42-17-13-12-14-18-42)45-30-41(60(7,8)9)32-53-56(45)67(62)49-28-24-40(59(4,5)6)31-52(49)68-53/h12-36H,1-11H3. The minimum atomic E-state index is -0.429. The molecular weight excluding hydrogens is 830 g/mol. The van der Waals surface area contributed by atoms with Crippen LogP contribution >= 0.6 is 0 Å². The summed E-state index contributed by atoms with van der Waals surface area (Å²) in [5.74, 6) is 1.77. The molecule has 5 heterocycles. The van der Waals surface area contributed by atoms with Crippen LogP contribution in [0.25, 0.3) is 22.3 Å². The fraction of sp³-hybridized carbons (Fsp3) is 0.246. The molecule has 4 aliphatic heterocycles. The van der Waals surface area contributed by atoms with Crippen molar-refractivity contribution in [3.63, 3.8) is 0 Å². The summed E-state index contributed by atoms with van der Waals surface area (Å²) >= 11 is 0. The van der Waals surface area contributed by atoms with Gasteiger partial charge in [0.1, 0.15) is 12.1 Å². The van der Waals surface area contributed by atoms with E-state index < -0.39 is 5.41 Å². The fourth-order valence-corrected chi connectivity index (χ4v) is 11.4. The van der Waals surface area contributed by atoms with Crippen LogP contribution < -0.4 is 30.3 Å². The molecule has 1 aromatic heterocycles. The molecule has 0 N–H and O–H groups in total. The monoisotopic (exact) mass is 887 g/mol. The van der Waals surface area contributed by atoms with Gasteiger partial charge in [0.2, 0.25) is 0 Å². The van der Waals surface area contributed by atoms with Gasteiger partial charge in [-0.25, -0.2) is 9.97 Å². The summed E-state index contributed by atoms with van der Waals surface area (Å²) in [6.07, 6.45) is 5.45. The highest BCUT2D eigenvalue weighted by Crippen LogP contribution is 2.62. The predicted molar refractivity (Wildman–Crippen MR) is 284 cm³/mol. The van der Waals surface area contributed by atoms with Crippen molar-refractivity contribution in [2.75, 3.05) is 14.6 Å². The Balaban J connectivity index is 1.28. The summed E-state index contributed by atoms with van der Waals surface area (Å²) in [4.78, 5) is 16.7. The average molecular weight is 888 g/mol. The Hall–Kier alpha value is -7.12. The zero-order valence-electron chi connectivity index (χ0n) is 41.2. The van der Waals surface area contributed by atoms with E-state index in [1.807, 2.05) is 12.4 Å². The van der Waals surface area contributed by atoms with Crippen molar-refractivity contribution >= 4 is 63.3 Å². The smallest absolute Gasteiger partial charge is 0.333 e. The molecular formula is C61H58BN5O. The number of para-hydroxylation sites is 2. The van der Waals surface area contributed by atoms with Gasteiger partial charge in [-0.1, -0.05) is 143 Å². The summed E-state index contributed by atoms with van der Waals surface area (Å²) in [5.41, 5.74) is 21.8. The molecule has 0 saturated heterocycles. The molecule has 0 bridgehead atoms. The molecule has 6 nitrogen and oxygen atoms in total. The molecule has 0 amide bonds. The summed E-state index contributed by atoms with van der Waals surface area (Å²) in [7, 11) is 0. The lowest BCUT2D eigenvalue weighted by Crippen LogP contribution is -2.62. The fourth-order valence-electron chi connectivity index (χ4n) is 11.4. The highest BCUT2D eigenvalue weighted by Gasteiger charge is 2.52. The SMILES string of the molecule is CC(C)(C)c1ccc(N2c3cc(-c4cncnc4)ccc3B3c4c(cc5c(c42)C(C)(C)c2ccccc2N5c2ccccc2)-c2cc(C(C)(C)C)cc4c2N3c2ccc(C(C)(C)C)cc2O4)cc1. The van der Waals surface area contributed by atoms with Gasteiger partial charge in [-0.15, -0.1) is 0 Å². The van der Waals surface area contributed by atoms with Crippen molar-refractivity contribution in [1.82, 2.24) is 9.97 Å². The number of anilines is 8. The summed E-state index contributed by atoms with van der Waals surface area (Å²) < 4.78 is 7.25. The highest BCUT2D eigenvalue weighted by molar-refractivity contribution is 6.94. The number of ether oxygens (including phenoxy) is 1. The molecule has 0 unspecified atom stereocenters. The largest absolute Gasteiger partial charge is 0.453 e. The topological polar surface area (TPSA) is 44.7 Å². The maximum Gasteiger partial charge on any atom is 0.333 e. The van der Waals surface area contributed by atoms with Crippen molar-refractivity contribution in [1.29, 1.82) is 0 Å². The Labute approximate surface area is 402 Å². The van der Waals surface area contributed by atoms with Crippen molar-refractivity contribution in [2.45, 2.75) is 97.8 Å². The zero-order valence-corrected chi connectivity index (χ0v) is 41.2. The van der Waals surface area contributed by atoms with Gasteiger partial charge in [0.15, 0.2) is 5.75 Å². The van der Waals surface area contributed by atoms with E-state index in [1.54, 1.807) is 6.33 Å². The molecule has 0 atom stereocenters. The number of fused-ring (bicyclic) bond motifs is 9. The third-order valence-electron chi connectivity index (χ3n) is 15.0. The van der Waals surface area contributed by atoms with Crippen LogP contribution in [0.15, 0.2) is 152 Å². The highest BCUT2D eigenvalue weighted by atomic mass is 16.5. The van der Waals surface area contributed by atoms with E-state index in [0.717, 1.165) is 51.1 Å². The lowest BCUT2D eigenvalue weighted by Gasteiger charge is -2.52. The van der Waals surface area contributed by atoms with Crippen LogP contribution in [-0.2, 0) is 21.7 Å². The van der Waals surface area contributed by atoms with Crippen molar-refractivity contribution < 1.29 is 4.74 Å². The Morgan fingerprint density at radius 1 is 0.500 bits per heavy atom. The van der Waals surface area contributed by atoms with E-state index in [-0.39, 0.29) is 23.1 Å². The minimum absolute atomic E-state index is 0.0143. The molecule has 0 saturated carbocycles. The third-order valence-corrected chi connectivity index (χ3v) is 15.0. The van der Waals surface area contributed by atoms with Crippen LogP contribution in [0.2, 0.25) is 0 Å². The molecule has 8 aromatic rings. The zero-order chi connectivity index (χ0) is 47.2. The maximum absolute atomic E-state index is 7.25. The van der Waals surface area contributed by atoms with E-state index >= 15 is 0 Å². The lowest BCUT2D eigenvalue weighted by atomic mass is 9.42. The van der Waals surface area contributed by atoms with Gasteiger partial charge in [-0.05, 0) is 127 Å². The minimum Gasteiger partial charge on any atom is -0.453 e. The maximum atomic E-state index is 7.25. The van der Waals surface area contributed by atoms with Gasteiger partial charge in [-0.3, -0.25) is 0 Å². The Bertz CT molecular complexity index is 3360. The molecule has 0 spiro atoms. The average Bonchev–Trinajstić information content (AvgIpc) is 3.31. The molecule has 0 fully saturated rings. The molecule has 0 radical (unpaired) electrons. The van der Waals surface area contributed by atoms with E-state index in [0.29, 0.717) is 0 Å². The number of nitrogens with zero attached hydrogens (tertiary/aromatic N) is 5. The van der Waals surface area contributed by atoms with Gasteiger partial charge in [0, 0.05) is 57.2 Å². The summed E-state index contributed by atoms with van der Waals surface area (Å²) in [6, 6.07) is 50.5. The van der Waals surface area contributed by atoms with E-state index in [9.17, 15) is 0 Å². The predicted octanol–water partition coefficient (Wildman–Crippen LogP) is 15.0. The van der Waals surface area contributed by atoms with Crippen LogP contribution in [0.5, 0.6) is 11.5 Å². The Kier molecular flexibility index (Phi) is 8.98. The molecule has 0 aliphatic carbocycles. The lowest BCUT2D eigenvalue weighted by molar-refractivity contribution is 0.470. The van der Waals surface area contributed by atoms with Crippen LogP contribution in [-0.4, -0.2) is 16.8 Å². The number of hydrogen-bond acceptors (Lipinski definition) is 6. The second kappa shape index (κ2) is 14.4. The van der Waals surface area contributed by atoms with Crippen LogP contribution in [0, 0.1) is 0 Å². The van der Waals surface area contributed by atoms with Gasteiger partial charge < -0.3 is 19.3 Å². The van der Waals surface area contributed by atoms with Crippen LogP contribution in [0.3, 0.4) is 0 Å². The summed E-state index contributed by atoms with van der Waals surface area (Å²) in [5, 5.41) is 0. The van der Waals surface area contributed by atoms with Crippen LogP contribution in [0.4, 0.5) is 45.5 Å². The van der Waals surface area contributed by atoms with Crippen molar-refractivity contribution in [3.8, 4) is 33.8 Å². The molecule has 7 heteroatoms. The Morgan fingerprint density at radius 2 is 1.15 bits per heavy atom. The number of benzene rings is 7. The van der Waals surface area contributed by atoms with Gasteiger partial charge >= 0.3 is 6.85 Å². The first-order valence-electron chi connectivity index (χ1n) is 24.2. The van der Waals surface area contributed by atoms with Gasteiger partial charge in [0.25, 0.3) is 0 Å². The van der Waals surface area contributed by atoms with Crippen molar-refractivity contribution in [3.05, 3.63) is 180 Å². The van der Waals surface area contributed by atoms with E-state index in [4.69, 9.17) is 4.74 Å². The number of rotatable bonds is 3. The van der Waals surface area contributed by atoms with E-state index in [1.165, 1.54) is 66.9 Å². The first kappa shape index (κ1) is 42.3. The van der Waals surface area contributed by atoms with E-state index in [2.05, 4.69) is 234 Å². The number of hydrogen-bond donors (Lipinski definition) is 0. The first-order valence-corrected chi connectivity index (χ1v) is 24.2. The van der Waals surface area contributed by atoms with Gasteiger partial charge in [-0.2, -0.15) is 0 Å². The summed E-state index contributed by atoms with van der Waals surface area (Å²) in [6.45, 7) is 25.3. The number of aromatic nitrogens is 2. The van der Waals surface area contributed by atoms with Gasteiger partial charge in [0.05, 0.1) is 22.7 Å². The second-order valence-electron chi connectivity index (χ2n) is 22.9. The molecule has 4 aliphatic rings. The van der Waals surface area contributed by atoms with Crippen molar-refractivity contribution in [2.24, 2.45) is 0 Å². The third kappa shape index (κ3) is 6.24. The molecule has 7 aromatic carbocycles. The normalized spacial score (nSPS) is 15.1. The second-order valence-corrected chi connectivity index (χ2v) is 22.9.